The van der Waals surface area contributed by atoms with E-state index < -0.39 is 6.09 Å². The molecule has 0 saturated heterocycles. The van der Waals surface area contributed by atoms with Crippen molar-refractivity contribution < 1.29 is 9.90 Å². The average molecular weight is 286 g/mol. The number of carboxylic acid groups (broad SMARTS) is 1. The minimum Gasteiger partial charge on any atom is -0.465 e. The van der Waals surface area contributed by atoms with Crippen molar-refractivity contribution in [2.45, 2.75) is 0 Å². The Morgan fingerprint density at radius 1 is 1.69 bits per heavy atom. The van der Waals surface area contributed by atoms with Gasteiger partial charge in [0.05, 0.1) is 0 Å². The van der Waals surface area contributed by atoms with Gasteiger partial charge < -0.3 is 10.8 Å². The molecule has 0 radical (unpaired) electrons. The van der Waals surface area contributed by atoms with Gasteiger partial charge in [-0.25, -0.2) is 19.7 Å². The molecule has 0 saturated carbocycles. The second kappa shape index (κ2) is 3.63. The maximum absolute atomic E-state index is 10.8. The van der Waals surface area contributed by atoms with E-state index in [2.05, 4.69) is 25.9 Å². The summed E-state index contributed by atoms with van der Waals surface area (Å²) in [6.45, 7) is 0. The van der Waals surface area contributed by atoms with Gasteiger partial charge in [-0.1, -0.05) is 0 Å². The van der Waals surface area contributed by atoms with Crippen molar-refractivity contribution >= 4 is 39.3 Å². The Hall–Kier alpha value is -1.83. The molecule has 0 aromatic carbocycles. The van der Waals surface area contributed by atoms with Crippen molar-refractivity contribution in [2.24, 2.45) is 0 Å². The lowest BCUT2D eigenvalue weighted by Gasteiger charge is -2.10. The van der Waals surface area contributed by atoms with Gasteiger partial charge >= 0.3 is 6.09 Å². The third kappa shape index (κ3) is 1.47. The highest BCUT2D eigenvalue weighted by molar-refractivity contribution is 9.10. The van der Waals surface area contributed by atoms with Crippen molar-refractivity contribution in [3.63, 3.8) is 0 Å². The van der Waals surface area contributed by atoms with Crippen LogP contribution in [0.15, 0.2) is 17.0 Å². The number of hydrogen-bond acceptors (Lipinski definition) is 4. The van der Waals surface area contributed by atoms with Crippen molar-refractivity contribution in [2.75, 3.05) is 17.7 Å². The number of hydrogen-bond donors (Lipinski definition) is 2. The van der Waals surface area contributed by atoms with E-state index in [1.807, 2.05) is 0 Å². The Labute approximate surface area is 98.6 Å². The van der Waals surface area contributed by atoms with Crippen LogP contribution in [0.3, 0.4) is 0 Å². The Morgan fingerprint density at radius 2 is 2.38 bits per heavy atom. The molecule has 84 valence electrons. The van der Waals surface area contributed by atoms with E-state index in [1.54, 1.807) is 10.6 Å². The fourth-order valence-corrected chi connectivity index (χ4v) is 1.88. The number of halogens is 1. The molecular formula is C8H8BrN5O2. The van der Waals surface area contributed by atoms with Gasteiger partial charge in [-0.3, -0.25) is 4.40 Å². The van der Waals surface area contributed by atoms with Crippen LogP contribution in [-0.2, 0) is 0 Å². The predicted octanol–water partition coefficient (Wildman–Crippen LogP) is 1.19. The Morgan fingerprint density at radius 3 is 3.00 bits per heavy atom. The molecule has 0 aliphatic heterocycles. The first-order valence-corrected chi connectivity index (χ1v) is 5.06. The number of nitrogens with two attached hydrogens (primary N) is 1. The van der Waals surface area contributed by atoms with Gasteiger partial charge in [-0.2, -0.15) is 0 Å². The zero-order valence-electron chi connectivity index (χ0n) is 8.25. The predicted molar refractivity (Wildman–Crippen MR) is 61.5 cm³/mol. The van der Waals surface area contributed by atoms with Crippen LogP contribution >= 0.6 is 15.9 Å². The van der Waals surface area contributed by atoms with Crippen molar-refractivity contribution in [1.82, 2.24) is 14.4 Å². The summed E-state index contributed by atoms with van der Waals surface area (Å²) in [6.07, 6.45) is 1.98. The summed E-state index contributed by atoms with van der Waals surface area (Å²) < 4.78 is 2.02. The fourth-order valence-electron chi connectivity index (χ4n) is 1.33. The summed E-state index contributed by atoms with van der Waals surface area (Å²) in [5.74, 6) is 0.537. The second-order valence-electron chi connectivity index (χ2n) is 3.08. The van der Waals surface area contributed by atoms with Gasteiger partial charge in [0.2, 0.25) is 5.95 Å². The van der Waals surface area contributed by atoms with Crippen molar-refractivity contribution in [3.8, 4) is 0 Å². The van der Waals surface area contributed by atoms with Gasteiger partial charge in [0, 0.05) is 19.4 Å². The SMILES string of the molecule is CN(C(=O)O)c1nc(Br)c2c(N)nccn12. The first kappa shape index (κ1) is 10.7. The quantitative estimate of drug-likeness (QED) is 0.820. The smallest absolute Gasteiger partial charge is 0.413 e. The second-order valence-corrected chi connectivity index (χ2v) is 3.83. The van der Waals surface area contributed by atoms with Gasteiger partial charge in [0.15, 0.2) is 5.82 Å². The van der Waals surface area contributed by atoms with E-state index in [0.29, 0.717) is 10.1 Å². The van der Waals surface area contributed by atoms with Gasteiger partial charge in [0.1, 0.15) is 10.1 Å². The lowest BCUT2D eigenvalue weighted by atomic mass is 10.5. The number of amides is 1. The molecule has 0 atom stereocenters. The molecule has 16 heavy (non-hydrogen) atoms. The van der Waals surface area contributed by atoms with Crippen LogP contribution in [0.2, 0.25) is 0 Å². The number of imidazole rings is 1. The van der Waals surface area contributed by atoms with Gasteiger partial charge in [-0.15, -0.1) is 0 Å². The van der Waals surface area contributed by atoms with E-state index >= 15 is 0 Å². The monoisotopic (exact) mass is 285 g/mol. The molecule has 0 aliphatic carbocycles. The van der Waals surface area contributed by atoms with E-state index in [4.69, 9.17) is 10.8 Å². The molecule has 2 rings (SSSR count). The van der Waals surface area contributed by atoms with E-state index in [9.17, 15) is 4.79 Å². The number of nitrogens with zero attached hydrogens (tertiary/aromatic N) is 4. The largest absolute Gasteiger partial charge is 0.465 e. The van der Waals surface area contributed by atoms with Crippen molar-refractivity contribution in [1.29, 1.82) is 0 Å². The molecule has 2 aromatic heterocycles. The first-order valence-electron chi connectivity index (χ1n) is 4.27. The number of fused-ring (bicyclic) bond motifs is 1. The molecule has 0 fully saturated rings. The molecule has 0 aliphatic rings. The normalized spacial score (nSPS) is 10.6. The summed E-state index contributed by atoms with van der Waals surface area (Å²) in [5.41, 5.74) is 6.23. The molecule has 2 aromatic rings. The molecule has 2 heterocycles. The maximum atomic E-state index is 10.8. The minimum atomic E-state index is -1.10. The first-order chi connectivity index (χ1) is 7.52. The highest BCUT2D eigenvalue weighted by Gasteiger charge is 2.18. The van der Waals surface area contributed by atoms with E-state index in [-0.39, 0.29) is 11.8 Å². The molecule has 7 nitrogen and oxygen atoms in total. The minimum absolute atomic E-state index is 0.253. The Kier molecular flexibility index (Phi) is 2.43. The summed E-state index contributed by atoms with van der Waals surface area (Å²) in [5, 5.41) is 8.88. The highest BCUT2D eigenvalue weighted by atomic mass is 79.9. The fraction of sp³-hybridized carbons (Fsp3) is 0.125. The summed E-state index contributed by atoms with van der Waals surface area (Å²) in [6, 6.07) is 0. The summed E-state index contributed by atoms with van der Waals surface area (Å²) >= 11 is 3.21. The lowest BCUT2D eigenvalue weighted by Crippen LogP contribution is -2.25. The number of anilines is 2. The van der Waals surface area contributed by atoms with Crippen LogP contribution in [0, 0.1) is 0 Å². The molecule has 0 spiro atoms. The van der Waals surface area contributed by atoms with Crippen LogP contribution in [0.4, 0.5) is 16.6 Å². The van der Waals surface area contributed by atoms with Crippen LogP contribution in [-0.4, -0.2) is 32.6 Å². The van der Waals surface area contributed by atoms with Crippen LogP contribution in [0.25, 0.3) is 5.52 Å². The third-order valence-electron chi connectivity index (χ3n) is 2.11. The Bertz CT molecular complexity index is 567. The molecule has 3 N–H and O–H groups in total. The number of nitrogen functional groups attached to an aromatic ring is 1. The highest BCUT2D eigenvalue weighted by Crippen LogP contribution is 2.26. The zero-order chi connectivity index (χ0) is 11.9. The molecular weight excluding hydrogens is 278 g/mol. The van der Waals surface area contributed by atoms with Crippen molar-refractivity contribution in [3.05, 3.63) is 17.0 Å². The number of rotatable bonds is 1. The lowest BCUT2D eigenvalue weighted by molar-refractivity contribution is 0.203. The maximum Gasteiger partial charge on any atom is 0.413 e. The van der Waals surface area contributed by atoms with E-state index in [1.165, 1.54) is 13.2 Å². The third-order valence-corrected chi connectivity index (χ3v) is 2.66. The summed E-state index contributed by atoms with van der Waals surface area (Å²) in [7, 11) is 1.40. The molecule has 1 amide bonds. The number of aromatic nitrogens is 3. The van der Waals surface area contributed by atoms with Gasteiger partial charge in [-0.05, 0) is 15.9 Å². The number of carbonyl (C=O) groups is 1. The van der Waals surface area contributed by atoms with E-state index in [0.717, 1.165) is 4.90 Å². The Balaban J connectivity index is 2.73. The standard InChI is InChI=1S/C8H8BrN5O2/c1-13(8(15)16)7-12-5(9)4-6(10)11-2-3-14(4)7/h2-3H,1H3,(H2,10,11)(H,15,16). The van der Waals surface area contributed by atoms with Gasteiger partial charge in [0.25, 0.3) is 0 Å². The topological polar surface area (TPSA) is 96.8 Å². The molecule has 0 unspecified atom stereocenters. The molecule has 8 heteroatoms. The average Bonchev–Trinajstić information content (AvgIpc) is 2.56. The van der Waals surface area contributed by atoms with Crippen LogP contribution < -0.4 is 10.6 Å². The van der Waals surface area contributed by atoms with Crippen LogP contribution in [0.5, 0.6) is 0 Å². The van der Waals surface area contributed by atoms with Crippen LogP contribution in [0.1, 0.15) is 0 Å². The zero-order valence-corrected chi connectivity index (χ0v) is 9.84. The molecule has 0 bridgehead atoms. The summed E-state index contributed by atoms with van der Waals surface area (Å²) in [4.78, 5) is 19.8.